The van der Waals surface area contributed by atoms with Crippen LogP contribution in [0.15, 0.2) is 46.9 Å². The van der Waals surface area contributed by atoms with Crippen molar-refractivity contribution in [3.8, 4) is 0 Å². The van der Waals surface area contributed by atoms with E-state index in [4.69, 9.17) is 18.0 Å². The van der Waals surface area contributed by atoms with Crippen molar-refractivity contribution in [2.24, 2.45) is 5.73 Å². The summed E-state index contributed by atoms with van der Waals surface area (Å²) < 4.78 is 0.929. The molecule has 0 radical (unpaired) electrons. The summed E-state index contributed by atoms with van der Waals surface area (Å²) >= 11 is 8.68. The Balaban J connectivity index is 2.29. The van der Waals surface area contributed by atoms with Crippen LogP contribution < -0.4 is 10.6 Å². The minimum atomic E-state index is 0.406. The van der Waals surface area contributed by atoms with E-state index in [1.165, 1.54) is 11.1 Å². The summed E-state index contributed by atoms with van der Waals surface area (Å²) in [6, 6.07) is 14.5. The Morgan fingerprint density at radius 1 is 1.20 bits per heavy atom. The van der Waals surface area contributed by atoms with Crippen LogP contribution in [0.25, 0.3) is 0 Å². The molecule has 0 aliphatic heterocycles. The minimum Gasteiger partial charge on any atom is -0.389 e. The molecule has 2 aromatic rings. The summed E-state index contributed by atoms with van der Waals surface area (Å²) in [4.78, 5) is 2.56. The van der Waals surface area contributed by atoms with E-state index in [1.807, 2.05) is 25.2 Å². The predicted octanol–water partition coefficient (Wildman–Crippen LogP) is 4.03. The number of nitrogens with two attached hydrogens (primary N) is 1. The van der Waals surface area contributed by atoms with Gasteiger partial charge >= 0.3 is 0 Å². The van der Waals surface area contributed by atoms with Crippen LogP contribution in [0.3, 0.4) is 0 Å². The highest BCUT2D eigenvalue weighted by atomic mass is 79.9. The average Bonchev–Trinajstić information content (AvgIpc) is 2.40. The van der Waals surface area contributed by atoms with Crippen LogP contribution in [-0.4, -0.2) is 12.0 Å². The second-order valence-electron chi connectivity index (χ2n) is 4.84. The third-order valence-corrected chi connectivity index (χ3v) is 4.05. The first-order chi connectivity index (χ1) is 9.49. The van der Waals surface area contributed by atoms with Gasteiger partial charge in [0.2, 0.25) is 0 Å². The molecule has 0 amide bonds. The van der Waals surface area contributed by atoms with Gasteiger partial charge in [-0.15, -0.1) is 0 Å². The monoisotopic (exact) mass is 348 g/mol. The molecule has 104 valence electrons. The molecule has 0 saturated carbocycles. The first kappa shape index (κ1) is 15.0. The number of thiocarbonyl (C=S) groups is 1. The molecule has 2 rings (SSSR count). The molecular weight excluding hydrogens is 332 g/mol. The standard InChI is InChI=1S/C16H17BrN2S/c1-11-6-8-12(9-7-11)10-19(2)14-5-3-4-13(17)15(14)16(18)20/h3-9H,10H2,1-2H3,(H2,18,20). The van der Waals surface area contributed by atoms with Gasteiger partial charge in [0.05, 0.1) is 0 Å². The van der Waals surface area contributed by atoms with Gasteiger partial charge in [-0.1, -0.05) is 48.1 Å². The summed E-state index contributed by atoms with van der Waals surface area (Å²) in [5.41, 5.74) is 10.3. The molecule has 0 aliphatic carbocycles. The van der Waals surface area contributed by atoms with Crippen molar-refractivity contribution in [1.82, 2.24) is 0 Å². The first-order valence-corrected chi connectivity index (χ1v) is 7.54. The summed E-state index contributed by atoms with van der Waals surface area (Å²) in [6.45, 7) is 2.90. The number of halogens is 1. The maximum atomic E-state index is 5.84. The van der Waals surface area contributed by atoms with Gasteiger partial charge in [0, 0.05) is 29.3 Å². The zero-order chi connectivity index (χ0) is 14.7. The quantitative estimate of drug-likeness (QED) is 0.845. The molecule has 2 nitrogen and oxygen atoms in total. The lowest BCUT2D eigenvalue weighted by Gasteiger charge is -2.23. The molecule has 0 aromatic heterocycles. The Kier molecular flexibility index (Phi) is 4.78. The van der Waals surface area contributed by atoms with Crippen molar-refractivity contribution < 1.29 is 0 Å². The van der Waals surface area contributed by atoms with Crippen LogP contribution in [0.2, 0.25) is 0 Å². The zero-order valence-corrected chi connectivity index (χ0v) is 14.0. The van der Waals surface area contributed by atoms with Gasteiger partial charge in [0.15, 0.2) is 0 Å². The van der Waals surface area contributed by atoms with Gasteiger partial charge in [0.1, 0.15) is 4.99 Å². The second-order valence-corrected chi connectivity index (χ2v) is 6.13. The summed E-state index contributed by atoms with van der Waals surface area (Å²) in [7, 11) is 2.05. The molecule has 4 heteroatoms. The second kappa shape index (κ2) is 6.37. The van der Waals surface area contributed by atoms with E-state index in [0.29, 0.717) is 4.99 Å². The van der Waals surface area contributed by atoms with E-state index in [1.54, 1.807) is 0 Å². The smallest absolute Gasteiger partial charge is 0.107 e. The van der Waals surface area contributed by atoms with Crippen molar-refractivity contribution in [3.63, 3.8) is 0 Å². The summed E-state index contributed by atoms with van der Waals surface area (Å²) in [5.74, 6) is 0. The lowest BCUT2D eigenvalue weighted by atomic mass is 10.1. The van der Waals surface area contributed by atoms with Crippen molar-refractivity contribution in [1.29, 1.82) is 0 Å². The zero-order valence-electron chi connectivity index (χ0n) is 11.6. The van der Waals surface area contributed by atoms with E-state index in [0.717, 1.165) is 22.3 Å². The highest BCUT2D eigenvalue weighted by Crippen LogP contribution is 2.28. The maximum absolute atomic E-state index is 5.84. The number of benzene rings is 2. The lowest BCUT2D eigenvalue weighted by Crippen LogP contribution is -2.22. The van der Waals surface area contributed by atoms with Gasteiger partial charge in [-0.2, -0.15) is 0 Å². The molecule has 0 heterocycles. The van der Waals surface area contributed by atoms with Crippen LogP contribution in [-0.2, 0) is 6.54 Å². The number of hydrogen-bond donors (Lipinski definition) is 1. The Bertz CT molecular complexity index is 623. The first-order valence-electron chi connectivity index (χ1n) is 6.34. The Morgan fingerprint density at radius 3 is 2.45 bits per heavy atom. The average molecular weight is 349 g/mol. The molecule has 20 heavy (non-hydrogen) atoms. The van der Waals surface area contributed by atoms with E-state index in [2.05, 4.69) is 52.0 Å². The van der Waals surface area contributed by atoms with Crippen molar-refractivity contribution in [2.75, 3.05) is 11.9 Å². The van der Waals surface area contributed by atoms with Gasteiger partial charge in [-0.3, -0.25) is 0 Å². The van der Waals surface area contributed by atoms with Crippen LogP contribution in [0, 0.1) is 6.92 Å². The SMILES string of the molecule is Cc1ccc(CN(C)c2cccc(Br)c2C(N)=S)cc1. The van der Waals surface area contributed by atoms with Crippen LogP contribution in [0.4, 0.5) is 5.69 Å². The topological polar surface area (TPSA) is 29.3 Å². The molecule has 0 fully saturated rings. The van der Waals surface area contributed by atoms with E-state index >= 15 is 0 Å². The minimum absolute atomic E-state index is 0.406. The lowest BCUT2D eigenvalue weighted by molar-refractivity contribution is 0.920. The molecule has 0 bridgehead atoms. The third-order valence-electron chi connectivity index (χ3n) is 3.19. The predicted molar refractivity (Wildman–Crippen MR) is 93.3 cm³/mol. The summed E-state index contributed by atoms with van der Waals surface area (Å²) in [6.07, 6.45) is 0. The fourth-order valence-electron chi connectivity index (χ4n) is 2.13. The summed E-state index contributed by atoms with van der Waals surface area (Å²) in [5, 5.41) is 0. The Morgan fingerprint density at radius 2 is 1.85 bits per heavy atom. The van der Waals surface area contributed by atoms with Crippen molar-refractivity contribution >= 4 is 38.8 Å². The van der Waals surface area contributed by atoms with Crippen molar-refractivity contribution in [3.05, 3.63) is 63.6 Å². The van der Waals surface area contributed by atoms with Gasteiger partial charge in [0.25, 0.3) is 0 Å². The molecule has 2 N–H and O–H groups in total. The number of aryl methyl sites for hydroxylation is 1. The molecule has 2 aromatic carbocycles. The normalized spacial score (nSPS) is 10.3. The maximum Gasteiger partial charge on any atom is 0.107 e. The molecule has 0 spiro atoms. The van der Waals surface area contributed by atoms with Crippen molar-refractivity contribution in [2.45, 2.75) is 13.5 Å². The molecule has 0 unspecified atom stereocenters. The molecular formula is C16H17BrN2S. The Hall–Kier alpha value is -1.39. The van der Waals surface area contributed by atoms with Crippen LogP contribution in [0.5, 0.6) is 0 Å². The van der Waals surface area contributed by atoms with Crippen LogP contribution in [0.1, 0.15) is 16.7 Å². The van der Waals surface area contributed by atoms with Gasteiger partial charge < -0.3 is 10.6 Å². The molecule has 0 aliphatic rings. The largest absolute Gasteiger partial charge is 0.389 e. The Labute approximate surface area is 133 Å². The molecule has 0 atom stereocenters. The highest BCUT2D eigenvalue weighted by Gasteiger charge is 2.13. The van der Waals surface area contributed by atoms with Crippen LogP contribution >= 0.6 is 28.1 Å². The fourth-order valence-corrected chi connectivity index (χ4v) is 3.04. The fraction of sp³-hybridized carbons (Fsp3) is 0.188. The number of hydrogen-bond acceptors (Lipinski definition) is 2. The van der Waals surface area contributed by atoms with E-state index < -0.39 is 0 Å². The van der Waals surface area contributed by atoms with E-state index in [-0.39, 0.29) is 0 Å². The third kappa shape index (κ3) is 3.38. The number of nitrogens with zero attached hydrogens (tertiary/aromatic N) is 1. The highest BCUT2D eigenvalue weighted by molar-refractivity contribution is 9.10. The van der Waals surface area contributed by atoms with Gasteiger partial charge in [-0.05, 0) is 40.5 Å². The molecule has 0 saturated heterocycles. The number of rotatable bonds is 4. The number of anilines is 1. The van der Waals surface area contributed by atoms with Gasteiger partial charge in [-0.25, -0.2) is 0 Å². The van der Waals surface area contributed by atoms with E-state index in [9.17, 15) is 0 Å².